The molecule has 1 N–H and O–H groups in total. The summed E-state index contributed by atoms with van der Waals surface area (Å²) in [4.78, 5) is 3.69. The molecule has 0 saturated carbocycles. The Labute approximate surface area is 121 Å². The molecule has 0 amide bonds. The van der Waals surface area contributed by atoms with Crippen LogP contribution in [0.5, 0.6) is 0 Å². The van der Waals surface area contributed by atoms with Crippen LogP contribution in [-0.4, -0.2) is 12.0 Å². The third kappa shape index (κ3) is 2.24. The summed E-state index contributed by atoms with van der Waals surface area (Å²) in [5.74, 6) is -0.535. The first-order chi connectivity index (χ1) is 9.18. The molecule has 0 unspecified atom stereocenters. The van der Waals surface area contributed by atoms with Crippen molar-refractivity contribution < 1.29 is 17.6 Å². The monoisotopic (exact) mass is 350 g/mol. The molecule has 0 aliphatic rings. The predicted molar refractivity (Wildman–Crippen MR) is 73.4 cm³/mol. The average molecular weight is 351 g/mol. The molecule has 20 heavy (non-hydrogen) atoms. The van der Waals surface area contributed by atoms with Crippen molar-refractivity contribution in [2.24, 2.45) is 0 Å². The second-order valence-electron chi connectivity index (χ2n) is 4.42. The number of fused-ring (bicyclic) bond motifs is 1. The number of alkyl halides is 3. The average Bonchev–Trinajstić information content (AvgIpc) is 2.33. The smallest absolute Gasteiger partial charge is 0.387 e. The molecule has 7 heteroatoms. The number of hydrogen-bond acceptors (Lipinski definition) is 2. The van der Waals surface area contributed by atoms with Crippen LogP contribution >= 0.6 is 15.9 Å². The third-order valence-electron chi connectivity index (χ3n) is 3.11. The normalized spacial score (nSPS) is 12.0. The van der Waals surface area contributed by atoms with Crippen LogP contribution in [-0.2, 0) is 6.18 Å². The Morgan fingerprint density at radius 3 is 2.35 bits per heavy atom. The SMILES string of the molecule is CNc1c(C)c(C(F)(F)F)nc2c(C)cc(F)c(Br)c12. The lowest BCUT2D eigenvalue weighted by Crippen LogP contribution is -2.13. The van der Waals surface area contributed by atoms with Gasteiger partial charge in [-0.2, -0.15) is 13.2 Å². The molecular formula is C13H11BrF4N2. The standard InChI is InChI=1S/C13H11BrF4N2/c1-5-4-7(15)9(14)8-10(5)20-12(13(16,17)18)6(2)11(8)19-3/h4H,1-3H3,(H,19,20). The van der Waals surface area contributed by atoms with E-state index in [1.165, 1.54) is 20.9 Å². The van der Waals surface area contributed by atoms with Crippen LogP contribution in [0.3, 0.4) is 0 Å². The maximum absolute atomic E-state index is 13.8. The van der Waals surface area contributed by atoms with Crippen molar-refractivity contribution in [3.05, 3.63) is 33.2 Å². The number of nitrogens with zero attached hydrogens (tertiary/aromatic N) is 1. The molecule has 0 radical (unpaired) electrons. The van der Waals surface area contributed by atoms with E-state index < -0.39 is 17.7 Å². The highest BCUT2D eigenvalue weighted by molar-refractivity contribution is 9.10. The van der Waals surface area contributed by atoms with Crippen molar-refractivity contribution in [1.29, 1.82) is 0 Å². The van der Waals surface area contributed by atoms with Crippen LogP contribution in [0, 0.1) is 19.7 Å². The van der Waals surface area contributed by atoms with E-state index in [1.807, 2.05) is 0 Å². The summed E-state index contributed by atoms with van der Waals surface area (Å²) in [5, 5.41) is 3.02. The molecule has 0 aliphatic carbocycles. The van der Waals surface area contributed by atoms with E-state index in [1.54, 1.807) is 0 Å². The highest BCUT2D eigenvalue weighted by Gasteiger charge is 2.36. The molecule has 0 spiro atoms. The van der Waals surface area contributed by atoms with E-state index in [0.29, 0.717) is 10.9 Å². The van der Waals surface area contributed by atoms with E-state index in [9.17, 15) is 17.6 Å². The van der Waals surface area contributed by atoms with Gasteiger partial charge in [0, 0.05) is 23.7 Å². The first kappa shape index (κ1) is 15.0. The lowest BCUT2D eigenvalue weighted by molar-refractivity contribution is -0.141. The Hall–Kier alpha value is -1.37. The van der Waals surface area contributed by atoms with Crippen LogP contribution < -0.4 is 5.32 Å². The van der Waals surface area contributed by atoms with Crippen molar-refractivity contribution in [1.82, 2.24) is 4.98 Å². The number of aryl methyl sites for hydroxylation is 1. The van der Waals surface area contributed by atoms with Crippen LogP contribution in [0.25, 0.3) is 10.9 Å². The van der Waals surface area contributed by atoms with E-state index in [-0.39, 0.29) is 21.2 Å². The Kier molecular flexibility index (Phi) is 3.66. The topological polar surface area (TPSA) is 24.9 Å². The Morgan fingerprint density at radius 2 is 1.85 bits per heavy atom. The quantitative estimate of drug-likeness (QED) is 0.746. The molecular weight excluding hydrogens is 340 g/mol. The number of aromatic nitrogens is 1. The highest BCUT2D eigenvalue weighted by atomic mass is 79.9. The molecule has 1 heterocycles. The number of nitrogens with one attached hydrogen (secondary N) is 1. The lowest BCUT2D eigenvalue weighted by Gasteiger charge is -2.18. The van der Waals surface area contributed by atoms with Gasteiger partial charge in [-0.15, -0.1) is 0 Å². The zero-order valence-corrected chi connectivity index (χ0v) is 12.5. The van der Waals surface area contributed by atoms with Crippen LogP contribution in [0.4, 0.5) is 23.2 Å². The van der Waals surface area contributed by atoms with Gasteiger partial charge in [-0.3, -0.25) is 0 Å². The maximum atomic E-state index is 13.8. The minimum atomic E-state index is -4.56. The Bertz CT molecular complexity index is 695. The molecule has 2 aromatic rings. The summed E-state index contributed by atoms with van der Waals surface area (Å²) < 4.78 is 53.0. The predicted octanol–water partition coefficient (Wildman–Crippen LogP) is 4.81. The van der Waals surface area contributed by atoms with Crippen molar-refractivity contribution in [3.63, 3.8) is 0 Å². The van der Waals surface area contributed by atoms with Gasteiger partial charge in [-0.25, -0.2) is 9.37 Å². The summed E-state index contributed by atoms with van der Waals surface area (Å²) in [7, 11) is 1.49. The number of rotatable bonds is 1. The molecule has 2 nitrogen and oxygen atoms in total. The number of benzene rings is 1. The van der Waals surface area contributed by atoms with E-state index in [4.69, 9.17) is 0 Å². The van der Waals surface area contributed by atoms with Gasteiger partial charge in [0.1, 0.15) is 11.5 Å². The van der Waals surface area contributed by atoms with Crippen molar-refractivity contribution >= 4 is 32.5 Å². The van der Waals surface area contributed by atoms with Crippen LogP contribution in [0.1, 0.15) is 16.8 Å². The summed E-state index contributed by atoms with van der Waals surface area (Å²) in [5.41, 5.74) is -0.325. The van der Waals surface area contributed by atoms with Crippen LogP contribution in [0.15, 0.2) is 10.5 Å². The van der Waals surface area contributed by atoms with Gasteiger partial charge in [0.2, 0.25) is 0 Å². The number of hydrogen-bond donors (Lipinski definition) is 1. The maximum Gasteiger partial charge on any atom is 0.433 e. The molecule has 2 rings (SSSR count). The number of pyridine rings is 1. The molecule has 0 atom stereocenters. The van der Waals surface area contributed by atoms with E-state index in [2.05, 4.69) is 26.2 Å². The van der Waals surface area contributed by atoms with Crippen molar-refractivity contribution in [2.75, 3.05) is 12.4 Å². The minimum absolute atomic E-state index is 0.0572. The zero-order valence-electron chi connectivity index (χ0n) is 10.9. The lowest BCUT2D eigenvalue weighted by atomic mass is 10.0. The van der Waals surface area contributed by atoms with Crippen LogP contribution in [0.2, 0.25) is 0 Å². The molecule has 0 bridgehead atoms. The zero-order chi connectivity index (χ0) is 15.2. The molecule has 0 saturated heterocycles. The summed E-state index contributed by atoms with van der Waals surface area (Å²) in [6, 6.07) is 1.16. The van der Waals surface area contributed by atoms with Gasteiger partial charge in [0.25, 0.3) is 0 Å². The molecule has 1 aromatic carbocycles. The fourth-order valence-corrected chi connectivity index (χ4v) is 2.71. The van der Waals surface area contributed by atoms with Gasteiger partial charge >= 0.3 is 6.18 Å². The first-order valence-corrected chi connectivity index (χ1v) is 6.51. The summed E-state index contributed by atoms with van der Waals surface area (Å²) >= 11 is 3.08. The van der Waals surface area contributed by atoms with Crippen molar-refractivity contribution in [3.8, 4) is 0 Å². The summed E-state index contributed by atoms with van der Waals surface area (Å²) in [6.45, 7) is 2.84. The van der Waals surface area contributed by atoms with Gasteiger partial charge < -0.3 is 5.32 Å². The minimum Gasteiger partial charge on any atom is -0.387 e. The number of anilines is 1. The van der Waals surface area contributed by atoms with Gasteiger partial charge in [-0.05, 0) is 41.4 Å². The van der Waals surface area contributed by atoms with Gasteiger partial charge in [0.15, 0.2) is 0 Å². The van der Waals surface area contributed by atoms with E-state index in [0.717, 1.165) is 6.07 Å². The summed E-state index contributed by atoms with van der Waals surface area (Å²) in [6.07, 6.45) is -4.56. The molecule has 1 aromatic heterocycles. The number of halogens is 5. The van der Waals surface area contributed by atoms with Gasteiger partial charge in [0.05, 0.1) is 9.99 Å². The Balaban J connectivity index is 3.04. The molecule has 108 valence electrons. The Morgan fingerprint density at radius 1 is 1.25 bits per heavy atom. The van der Waals surface area contributed by atoms with E-state index >= 15 is 0 Å². The van der Waals surface area contributed by atoms with Gasteiger partial charge in [-0.1, -0.05) is 0 Å². The fourth-order valence-electron chi connectivity index (χ4n) is 2.20. The van der Waals surface area contributed by atoms with Crippen molar-refractivity contribution in [2.45, 2.75) is 20.0 Å². The second-order valence-corrected chi connectivity index (χ2v) is 5.21. The second kappa shape index (κ2) is 4.87. The molecule has 0 fully saturated rings. The largest absolute Gasteiger partial charge is 0.433 e. The highest BCUT2D eigenvalue weighted by Crippen LogP contribution is 2.41. The fraction of sp³-hybridized carbons (Fsp3) is 0.308. The molecule has 0 aliphatic heterocycles. The third-order valence-corrected chi connectivity index (χ3v) is 3.88. The first-order valence-electron chi connectivity index (χ1n) is 5.72.